The zero-order chi connectivity index (χ0) is 17.1. The number of carbonyl (C=O) groups is 2. The first-order valence-electron chi connectivity index (χ1n) is 9.04. The Morgan fingerprint density at radius 1 is 1.29 bits per heavy atom. The number of hydrogen-bond acceptors (Lipinski definition) is 3. The third-order valence-corrected chi connectivity index (χ3v) is 5.08. The standard InChI is InChI=1S/C19H27N3O2/c1-3-11-22(17-6-9-20-10-7-17)19(24)16-4-5-18-15(13-16)8-12-21(18)14(2)23/h4-5,13,17,20H,3,6-12H2,1-2H3. The molecule has 5 nitrogen and oxygen atoms in total. The largest absolute Gasteiger partial charge is 0.336 e. The molecule has 130 valence electrons. The lowest BCUT2D eigenvalue weighted by Crippen LogP contribution is -2.46. The molecule has 2 aliphatic rings. The lowest BCUT2D eigenvalue weighted by atomic mass is 10.0. The predicted molar refractivity (Wildman–Crippen MR) is 95.4 cm³/mol. The molecule has 1 aromatic carbocycles. The molecule has 0 atom stereocenters. The van der Waals surface area contributed by atoms with Crippen molar-refractivity contribution in [3.63, 3.8) is 0 Å². The summed E-state index contributed by atoms with van der Waals surface area (Å²) < 4.78 is 0. The third-order valence-electron chi connectivity index (χ3n) is 5.08. The van der Waals surface area contributed by atoms with Crippen molar-refractivity contribution in [3.8, 4) is 0 Å². The van der Waals surface area contributed by atoms with Gasteiger partial charge in [-0.2, -0.15) is 0 Å². The van der Waals surface area contributed by atoms with E-state index in [9.17, 15) is 9.59 Å². The molecule has 2 amide bonds. The van der Waals surface area contributed by atoms with Crippen LogP contribution in [-0.2, 0) is 11.2 Å². The van der Waals surface area contributed by atoms with Gasteiger partial charge in [0.25, 0.3) is 5.91 Å². The monoisotopic (exact) mass is 329 g/mol. The van der Waals surface area contributed by atoms with Gasteiger partial charge in [0.15, 0.2) is 0 Å². The number of amides is 2. The number of nitrogens with one attached hydrogen (secondary N) is 1. The van der Waals surface area contributed by atoms with E-state index in [-0.39, 0.29) is 11.8 Å². The van der Waals surface area contributed by atoms with Crippen molar-refractivity contribution in [1.29, 1.82) is 0 Å². The third kappa shape index (κ3) is 3.31. The number of anilines is 1. The van der Waals surface area contributed by atoms with Crippen LogP contribution in [0.15, 0.2) is 18.2 Å². The summed E-state index contributed by atoms with van der Waals surface area (Å²) in [6.45, 7) is 7.20. The van der Waals surface area contributed by atoms with Gasteiger partial charge in [0.05, 0.1) is 0 Å². The highest BCUT2D eigenvalue weighted by molar-refractivity contribution is 5.98. The van der Waals surface area contributed by atoms with Gasteiger partial charge in [-0.15, -0.1) is 0 Å². The SMILES string of the molecule is CCCN(C(=O)c1ccc2c(c1)CCN2C(C)=O)C1CCNCC1. The van der Waals surface area contributed by atoms with E-state index in [1.54, 1.807) is 11.8 Å². The minimum absolute atomic E-state index is 0.0649. The van der Waals surface area contributed by atoms with Gasteiger partial charge >= 0.3 is 0 Å². The summed E-state index contributed by atoms with van der Waals surface area (Å²) in [4.78, 5) is 28.6. The van der Waals surface area contributed by atoms with E-state index in [4.69, 9.17) is 0 Å². The van der Waals surface area contributed by atoms with Gasteiger partial charge in [-0.3, -0.25) is 9.59 Å². The van der Waals surface area contributed by atoms with Crippen LogP contribution in [0.5, 0.6) is 0 Å². The molecule has 1 fully saturated rings. The molecule has 1 saturated heterocycles. The Kier molecular flexibility index (Phi) is 5.19. The molecule has 2 heterocycles. The van der Waals surface area contributed by atoms with Gasteiger partial charge in [-0.05, 0) is 62.5 Å². The van der Waals surface area contributed by atoms with E-state index in [0.29, 0.717) is 6.04 Å². The van der Waals surface area contributed by atoms with Crippen molar-refractivity contribution in [1.82, 2.24) is 10.2 Å². The maximum absolute atomic E-state index is 13.1. The summed E-state index contributed by atoms with van der Waals surface area (Å²) in [5, 5.41) is 3.36. The first-order chi connectivity index (χ1) is 11.6. The number of hydrogen-bond donors (Lipinski definition) is 1. The van der Waals surface area contributed by atoms with Crippen molar-refractivity contribution in [2.45, 2.75) is 45.6 Å². The zero-order valence-electron chi connectivity index (χ0n) is 14.7. The van der Waals surface area contributed by atoms with Crippen LogP contribution in [0, 0.1) is 0 Å². The lowest BCUT2D eigenvalue weighted by Gasteiger charge is -2.34. The first-order valence-corrected chi connectivity index (χ1v) is 9.04. The topological polar surface area (TPSA) is 52.7 Å². The molecule has 24 heavy (non-hydrogen) atoms. The highest BCUT2D eigenvalue weighted by Gasteiger charge is 2.28. The molecule has 1 aromatic rings. The maximum atomic E-state index is 13.1. The second kappa shape index (κ2) is 7.34. The molecule has 1 N–H and O–H groups in total. The quantitative estimate of drug-likeness (QED) is 0.921. The van der Waals surface area contributed by atoms with Crippen LogP contribution in [0.2, 0.25) is 0 Å². The van der Waals surface area contributed by atoms with Crippen LogP contribution in [0.1, 0.15) is 49.0 Å². The van der Waals surface area contributed by atoms with Gasteiger partial charge in [0, 0.05) is 37.3 Å². The van der Waals surface area contributed by atoms with Gasteiger partial charge < -0.3 is 15.1 Å². The highest BCUT2D eigenvalue weighted by atomic mass is 16.2. The molecule has 0 radical (unpaired) electrons. The Labute approximate surface area is 144 Å². The summed E-state index contributed by atoms with van der Waals surface area (Å²) >= 11 is 0. The summed E-state index contributed by atoms with van der Waals surface area (Å²) in [6.07, 6.45) is 3.85. The van der Waals surface area contributed by atoms with Crippen molar-refractivity contribution >= 4 is 17.5 Å². The second-order valence-corrected chi connectivity index (χ2v) is 6.74. The highest BCUT2D eigenvalue weighted by Crippen LogP contribution is 2.29. The molecule has 0 aromatic heterocycles. The average molecular weight is 329 g/mol. The average Bonchev–Trinajstić information content (AvgIpc) is 3.03. The van der Waals surface area contributed by atoms with E-state index in [1.165, 1.54) is 0 Å². The molecule has 0 aliphatic carbocycles. The second-order valence-electron chi connectivity index (χ2n) is 6.74. The van der Waals surface area contributed by atoms with Crippen LogP contribution in [0.4, 0.5) is 5.69 Å². The number of piperidine rings is 1. The van der Waals surface area contributed by atoms with Crippen molar-refractivity contribution in [2.75, 3.05) is 31.1 Å². The van der Waals surface area contributed by atoms with Crippen molar-refractivity contribution in [3.05, 3.63) is 29.3 Å². The smallest absolute Gasteiger partial charge is 0.254 e. The summed E-state index contributed by atoms with van der Waals surface area (Å²) in [7, 11) is 0. The van der Waals surface area contributed by atoms with E-state index in [1.807, 2.05) is 18.2 Å². The van der Waals surface area contributed by atoms with Gasteiger partial charge in [-0.25, -0.2) is 0 Å². The number of carbonyl (C=O) groups excluding carboxylic acids is 2. The fourth-order valence-electron chi connectivity index (χ4n) is 3.84. The van der Waals surface area contributed by atoms with Crippen molar-refractivity contribution in [2.24, 2.45) is 0 Å². The number of nitrogens with zero attached hydrogens (tertiary/aromatic N) is 2. The molecule has 0 spiro atoms. The first kappa shape index (κ1) is 17.0. The summed E-state index contributed by atoms with van der Waals surface area (Å²) in [5.41, 5.74) is 2.83. The molecule has 2 aliphatic heterocycles. The Hall–Kier alpha value is -1.88. The summed E-state index contributed by atoms with van der Waals surface area (Å²) in [5.74, 6) is 0.197. The number of fused-ring (bicyclic) bond motifs is 1. The van der Waals surface area contributed by atoms with E-state index in [0.717, 1.165) is 68.7 Å². The molecular formula is C19H27N3O2. The molecule has 0 unspecified atom stereocenters. The normalized spacial score (nSPS) is 17.7. The molecule has 0 bridgehead atoms. The number of rotatable bonds is 4. The van der Waals surface area contributed by atoms with Gasteiger partial charge in [-0.1, -0.05) is 6.92 Å². The predicted octanol–water partition coefficient (Wildman–Crippen LogP) is 2.20. The lowest BCUT2D eigenvalue weighted by molar-refractivity contribution is -0.116. The molecular weight excluding hydrogens is 302 g/mol. The van der Waals surface area contributed by atoms with E-state index >= 15 is 0 Å². The number of benzene rings is 1. The minimum Gasteiger partial charge on any atom is -0.336 e. The Bertz CT molecular complexity index is 623. The van der Waals surface area contributed by atoms with Crippen LogP contribution in [0.25, 0.3) is 0 Å². The Balaban J connectivity index is 1.81. The summed E-state index contributed by atoms with van der Waals surface area (Å²) in [6, 6.07) is 6.14. The van der Waals surface area contributed by atoms with Crippen LogP contribution in [-0.4, -0.2) is 48.9 Å². The van der Waals surface area contributed by atoms with Gasteiger partial charge in [0.2, 0.25) is 5.91 Å². The van der Waals surface area contributed by atoms with Crippen LogP contribution >= 0.6 is 0 Å². The van der Waals surface area contributed by atoms with Crippen LogP contribution < -0.4 is 10.2 Å². The minimum atomic E-state index is 0.0649. The van der Waals surface area contributed by atoms with E-state index < -0.39 is 0 Å². The molecule has 3 rings (SSSR count). The van der Waals surface area contributed by atoms with E-state index in [2.05, 4.69) is 17.1 Å². The Morgan fingerprint density at radius 2 is 2.04 bits per heavy atom. The maximum Gasteiger partial charge on any atom is 0.254 e. The van der Waals surface area contributed by atoms with Gasteiger partial charge in [0.1, 0.15) is 0 Å². The molecule has 0 saturated carbocycles. The fraction of sp³-hybridized carbons (Fsp3) is 0.579. The van der Waals surface area contributed by atoms with Crippen molar-refractivity contribution < 1.29 is 9.59 Å². The Morgan fingerprint density at radius 3 is 2.71 bits per heavy atom. The zero-order valence-corrected chi connectivity index (χ0v) is 14.7. The van der Waals surface area contributed by atoms with Crippen LogP contribution in [0.3, 0.4) is 0 Å². The fourth-order valence-corrected chi connectivity index (χ4v) is 3.84. The molecule has 5 heteroatoms.